The Morgan fingerprint density at radius 3 is 2.63 bits per heavy atom. The third-order valence-electron chi connectivity index (χ3n) is 6.60. The van der Waals surface area contributed by atoms with Crippen LogP contribution in [0.4, 0.5) is 15.3 Å². The zero-order valence-electron chi connectivity index (χ0n) is 19.5. The highest BCUT2D eigenvalue weighted by atomic mass is 35.5. The summed E-state index contributed by atoms with van der Waals surface area (Å²) < 4.78 is 5.44. The SMILES string of the molecule is Cc1cc(C[C@@H](OC(=O)N2CCC(N3CCc4ccccc4NC3=O)CC2)C(N)=O)cc(Cl)c1O. The number of ether oxygens (including phenoxy) is 1. The van der Waals surface area contributed by atoms with Crippen molar-refractivity contribution in [1.82, 2.24) is 9.80 Å². The number of anilines is 1. The lowest BCUT2D eigenvalue weighted by Gasteiger charge is -2.37. The monoisotopic (exact) mass is 500 g/mol. The molecule has 2 heterocycles. The summed E-state index contributed by atoms with van der Waals surface area (Å²) in [4.78, 5) is 40.9. The number of para-hydroxylation sites is 1. The number of benzene rings is 2. The molecule has 0 unspecified atom stereocenters. The van der Waals surface area contributed by atoms with Gasteiger partial charge in [-0.15, -0.1) is 0 Å². The first-order chi connectivity index (χ1) is 16.7. The molecule has 1 atom stereocenters. The zero-order valence-corrected chi connectivity index (χ0v) is 20.3. The van der Waals surface area contributed by atoms with Crippen molar-refractivity contribution in [1.29, 1.82) is 0 Å². The number of piperidine rings is 1. The smallest absolute Gasteiger partial charge is 0.410 e. The van der Waals surface area contributed by atoms with Gasteiger partial charge in [-0.3, -0.25) is 4.79 Å². The van der Waals surface area contributed by atoms with Crippen molar-refractivity contribution in [3.63, 3.8) is 0 Å². The largest absolute Gasteiger partial charge is 0.506 e. The lowest BCUT2D eigenvalue weighted by Crippen LogP contribution is -2.50. The van der Waals surface area contributed by atoms with Crippen LogP contribution < -0.4 is 11.1 Å². The number of hydrogen-bond donors (Lipinski definition) is 3. The van der Waals surface area contributed by atoms with Gasteiger partial charge in [0.25, 0.3) is 5.91 Å². The minimum atomic E-state index is -1.17. The average molecular weight is 501 g/mol. The molecular formula is C25H29ClN4O5. The van der Waals surface area contributed by atoms with Crippen LogP contribution in [0.1, 0.15) is 29.5 Å². The van der Waals surface area contributed by atoms with Gasteiger partial charge in [-0.25, -0.2) is 9.59 Å². The summed E-state index contributed by atoms with van der Waals surface area (Å²) in [6.45, 7) is 3.09. The summed E-state index contributed by atoms with van der Waals surface area (Å²) in [5.74, 6) is -0.802. The molecule has 1 fully saturated rings. The second-order valence-electron chi connectivity index (χ2n) is 8.97. The molecule has 4 rings (SSSR count). The normalized spacial score (nSPS) is 17.3. The third-order valence-corrected chi connectivity index (χ3v) is 6.89. The quantitative estimate of drug-likeness (QED) is 0.580. The number of hydrogen-bond acceptors (Lipinski definition) is 5. The number of carbonyl (C=O) groups excluding carboxylic acids is 3. The van der Waals surface area contributed by atoms with Crippen LogP contribution in [0.5, 0.6) is 5.75 Å². The number of nitrogens with one attached hydrogen (secondary N) is 1. The molecular weight excluding hydrogens is 472 g/mol. The maximum absolute atomic E-state index is 12.8. The summed E-state index contributed by atoms with van der Waals surface area (Å²) >= 11 is 6.02. The summed E-state index contributed by atoms with van der Waals surface area (Å²) in [5, 5.41) is 13.0. The third kappa shape index (κ3) is 5.62. The molecule has 2 aliphatic rings. The Bertz CT molecular complexity index is 1110. The van der Waals surface area contributed by atoms with E-state index in [1.165, 1.54) is 11.0 Å². The van der Waals surface area contributed by atoms with Crippen LogP contribution in [-0.4, -0.2) is 64.7 Å². The second-order valence-corrected chi connectivity index (χ2v) is 9.38. The van der Waals surface area contributed by atoms with E-state index in [1.807, 2.05) is 29.2 Å². The number of urea groups is 1. The molecule has 2 aliphatic heterocycles. The second kappa shape index (κ2) is 10.4. The van der Waals surface area contributed by atoms with Crippen LogP contribution in [-0.2, 0) is 22.4 Å². The van der Waals surface area contributed by atoms with E-state index in [2.05, 4.69) is 5.32 Å². The van der Waals surface area contributed by atoms with E-state index in [1.54, 1.807) is 13.0 Å². The minimum Gasteiger partial charge on any atom is -0.506 e. The standard InChI is InChI=1S/C25H29ClN4O5/c1-15-12-16(13-19(26)22(15)31)14-21(23(27)32)35-25(34)29-9-7-18(8-10-29)30-11-6-17-4-2-3-5-20(17)28-24(30)33/h2-5,12-13,18,21,31H,6-11,14H2,1H3,(H2,27,32)(H,28,33)/t21-/m1/s1. The number of primary amides is 1. The molecule has 0 bridgehead atoms. The molecule has 186 valence electrons. The van der Waals surface area contributed by atoms with Gasteiger partial charge >= 0.3 is 12.1 Å². The Labute approximate surface area is 208 Å². The van der Waals surface area contributed by atoms with Gasteiger partial charge in [0.15, 0.2) is 6.10 Å². The molecule has 0 spiro atoms. The van der Waals surface area contributed by atoms with Crippen molar-refractivity contribution in [2.75, 3.05) is 25.0 Å². The van der Waals surface area contributed by atoms with Crippen molar-refractivity contribution in [2.24, 2.45) is 5.73 Å². The van der Waals surface area contributed by atoms with Crippen molar-refractivity contribution in [3.05, 3.63) is 58.1 Å². The predicted octanol–water partition coefficient (Wildman–Crippen LogP) is 3.44. The molecule has 4 amide bonds. The van der Waals surface area contributed by atoms with Crippen LogP contribution in [0.2, 0.25) is 5.02 Å². The number of likely N-dealkylation sites (tertiary alicyclic amines) is 1. The number of nitrogens with two attached hydrogens (primary N) is 1. The molecule has 1 saturated heterocycles. The molecule has 0 aliphatic carbocycles. The number of carbonyl (C=O) groups is 3. The highest BCUT2D eigenvalue weighted by molar-refractivity contribution is 6.32. The fourth-order valence-corrected chi connectivity index (χ4v) is 4.92. The van der Waals surface area contributed by atoms with Crippen molar-refractivity contribution < 1.29 is 24.2 Å². The van der Waals surface area contributed by atoms with Crippen LogP contribution in [0.15, 0.2) is 36.4 Å². The molecule has 4 N–H and O–H groups in total. The number of fused-ring (bicyclic) bond motifs is 1. The number of amides is 4. The average Bonchev–Trinajstić information content (AvgIpc) is 3.00. The van der Waals surface area contributed by atoms with Crippen molar-refractivity contribution >= 4 is 35.3 Å². The maximum Gasteiger partial charge on any atom is 0.410 e. The summed E-state index contributed by atoms with van der Waals surface area (Å²) in [6, 6.07) is 10.8. The van der Waals surface area contributed by atoms with Crippen molar-refractivity contribution in [3.8, 4) is 5.75 Å². The first-order valence-corrected chi connectivity index (χ1v) is 12.0. The van der Waals surface area contributed by atoms with Gasteiger partial charge in [0, 0.05) is 37.8 Å². The van der Waals surface area contributed by atoms with Gasteiger partial charge in [0.1, 0.15) is 5.75 Å². The Hall–Kier alpha value is -3.46. The molecule has 0 saturated carbocycles. The van der Waals surface area contributed by atoms with Crippen molar-refractivity contribution in [2.45, 2.75) is 44.8 Å². The number of nitrogens with zero attached hydrogens (tertiary/aromatic N) is 2. The highest BCUT2D eigenvalue weighted by Crippen LogP contribution is 2.29. The van der Waals surface area contributed by atoms with E-state index in [4.69, 9.17) is 22.1 Å². The van der Waals surface area contributed by atoms with E-state index in [-0.39, 0.29) is 29.3 Å². The van der Waals surface area contributed by atoms with Crippen LogP contribution in [0.25, 0.3) is 0 Å². The highest BCUT2D eigenvalue weighted by Gasteiger charge is 2.33. The van der Waals surface area contributed by atoms with Gasteiger partial charge in [-0.05, 0) is 55.0 Å². The molecule has 2 aromatic carbocycles. The Morgan fingerprint density at radius 1 is 1.23 bits per heavy atom. The van der Waals surface area contributed by atoms with Crippen LogP contribution >= 0.6 is 11.6 Å². The fraction of sp³-hybridized carbons (Fsp3) is 0.400. The predicted molar refractivity (Wildman–Crippen MR) is 131 cm³/mol. The lowest BCUT2D eigenvalue weighted by molar-refractivity contribution is -0.126. The topological polar surface area (TPSA) is 125 Å². The zero-order chi connectivity index (χ0) is 25.1. The van der Waals surface area contributed by atoms with E-state index in [9.17, 15) is 19.5 Å². The first-order valence-electron chi connectivity index (χ1n) is 11.6. The van der Waals surface area contributed by atoms with Gasteiger partial charge in [0.05, 0.1) is 5.02 Å². The number of rotatable bonds is 5. The van der Waals surface area contributed by atoms with E-state index >= 15 is 0 Å². The maximum atomic E-state index is 12.8. The minimum absolute atomic E-state index is 0.00223. The Kier molecular flexibility index (Phi) is 7.35. The first kappa shape index (κ1) is 24.7. The van der Waals surface area contributed by atoms with E-state index < -0.39 is 18.1 Å². The van der Waals surface area contributed by atoms with Gasteiger partial charge in [0.2, 0.25) is 0 Å². The van der Waals surface area contributed by atoms with Gasteiger partial charge in [-0.1, -0.05) is 35.9 Å². The number of phenolic OH excluding ortho intramolecular Hbond substituents is 1. The molecule has 10 heteroatoms. The molecule has 0 radical (unpaired) electrons. The number of aromatic hydroxyl groups is 1. The van der Waals surface area contributed by atoms with Gasteiger partial charge < -0.3 is 30.7 Å². The summed E-state index contributed by atoms with van der Waals surface area (Å²) in [7, 11) is 0. The van der Waals surface area contributed by atoms with Gasteiger partial charge in [-0.2, -0.15) is 0 Å². The fourth-order valence-electron chi connectivity index (χ4n) is 4.63. The van der Waals surface area contributed by atoms with Crippen LogP contribution in [0, 0.1) is 6.92 Å². The Morgan fingerprint density at radius 2 is 1.94 bits per heavy atom. The molecule has 35 heavy (non-hydrogen) atoms. The van der Waals surface area contributed by atoms with E-state index in [0.29, 0.717) is 43.6 Å². The number of halogens is 1. The van der Waals surface area contributed by atoms with Crippen LogP contribution in [0.3, 0.4) is 0 Å². The summed E-state index contributed by atoms with van der Waals surface area (Å²) in [6.07, 6.45) is 0.224. The number of phenols is 1. The Balaban J connectivity index is 1.33. The molecule has 2 aromatic rings. The molecule has 0 aromatic heterocycles. The number of aryl methyl sites for hydroxylation is 1. The molecule has 9 nitrogen and oxygen atoms in total. The lowest BCUT2D eigenvalue weighted by atomic mass is 10.0. The summed E-state index contributed by atoms with van der Waals surface area (Å²) in [5.41, 5.74) is 8.59. The van der Waals surface area contributed by atoms with E-state index in [0.717, 1.165) is 17.7 Å².